The first-order valence-electron chi connectivity index (χ1n) is 5.01. The van der Waals surface area contributed by atoms with E-state index in [2.05, 4.69) is 26.1 Å². The van der Waals surface area contributed by atoms with E-state index in [0.717, 1.165) is 0 Å². The number of hydrogen-bond acceptors (Lipinski definition) is 3. The van der Waals surface area contributed by atoms with Crippen LogP contribution in [0.1, 0.15) is 34.6 Å². The fraction of sp³-hybridized carbons (Fsp3) is 1.00. The minimum atomic E-state index is -2.99. The van der Waals surface area contributed by atoms with E-state index in [9.17, 15) is 8.42 Å². The van der Waals surface area contributed by atoms with Crippen LogP contribution in [0.5, 0.6) is 0 Å². The van der Waals surface area contributed by atoms with E-state index in [1.807, 2.05) is 0 Å². The van der Waals surface area contributed by atoms with E-state index in [4.69, 9.17) is 0 Å². The summed E-state index contributed by atoms with van der Waals surface area (Å²) in [7, 11) is -2.99. The molecule has 3 nitrogen and oxygen atoms in total. The molecule has 0 aromatic carbocycles. The van der Waals surface area contributed by atoms with Crippen LogP contribution in [0.3, 0.4) is 0 Å². The summed E-state index contributed by atoms with van der Waals surface area (Å²) in [5, 5.41) is 3.25. The van der Waals surface area contributed by atoms with Gasteiger partial charge in [0.15, 0.2) is 9.84 Å². The van der Waals surface area contributed by atoms with Gasteiger partial charge in [0.2, 0.25) is 0 Å². The van der Waals surface area contributed by atoms with E-state index in [1.165, 1.54) is 6.26 Å². The van der Waals surface area contributed by atoms with Crippen LogP contribution in [0.2, 0.25) is 0 Å². The largest absolute Gasteiger partial charge is 0.312 e. The Morgan fingerprint density at radius 2 is 1.64 bits per heavy atom. The SMILES string of the molecule is CC(C)[C@@H](C)NCC(C)(C)S(C)(=O)=O. The van der Waals surface area contributed by atoms with Crippen LogP contribution in [-0.4, -0.2) is 32.0 Å². The lowest BCUT2D eigenvalue weighted by molar-refractivity contribution is 0.404. The van der Waals surface area contributed by atoms with Crippen molar-refractivity contribution in [1.82, 2.24) is 5.32 Å². The maximum atomic E-state index is 11.4. The van der Waals surface area contributed by atoms with Crippen molar-refractivity contribution in [3.8, 4) is 0 Å². The van der Waals surface area contributed by atoms with Crippen molar-refractivity contribution in [2.75, 3.05) is 12.8 Å². The molecule has 0 radical (unpaired) electrons. The van der Waals surface area contributed by atoms with E-state index in [-0.39, 0.29) is 0 Å². The molecule has 0 unspecified atom stereocenters. The van der Waals surface area contributed by atoms with Crippen molar-refractivity contribution in [2.45, 2.75) is 45.4 Å². The van der Waals surface area contributed by atoms with Crippen molar-refractivity contribution in [3.05, 3.63) is 0 Å². The predicted octanol–water partition coefficient (Wildman–Crippen LogP) is 1.44. The lowest BCUT2D eigenvalue weighted by Crippen LogP contribution is -2.45. The molecule has 0 fully saturated rings. The van der Waals surface area contributed by atoms with Gasteiger partial charge in [-0.15, -0.1) is 0 Å². The molecule has 14 heavy (non-hydrogen) atoms. The smallest absolute Gasteiger partial charge is 0.153 e. The fourth-order valence-corrected chi connectivity index (χ4v) is 1.12. The monoisotopic (exact) mass is 221 g/mol. The zero-order valence-corrected chi connectivity index (χ0v) is 10.9. The highest BCUT2D eigenvalue weighted by Gasteiger charge is 2.30. The zero-order chi connectivity index (χ0) is 11.6. The molecule has 1 atom stereocenters. The lowest BCUT2D eigenvalue weighted by Gasteiger charge is -2.26. The van der Waals surface area contributed by atoms with Crippen LogP contribution in [-0.2, 0) is 9.84 Å². The summed E-state index contributed by atoms with van der Waals surface area (Å²) < 4.78 is 22.1. The molecule has 0 rings (SSSR count). The van der Waals surface area contributed by atoms with Gasteiger partial charge in [-0.1, -0.05) is 13.8 Å². The molecule has 0 amide bonds. The standard InChI is InChI=1S/C10H23NO2S/c1-8(2)9(3)11-7-10(4,5)14(6,12)13/h8-9,11H,7H2,1-6H3/t9-/m1/s1. The third kappa shape index (κ3) is 3.96. The average Bonchev–Trinajstić information content (AvgIpc) is 1.97. The highest BCUT2D eigenvalue weighted by molar-refractivity contribution is 7.92. The van der Waals surface area contributed by atoms with Crippen LogP contribution < -0.4 is 5.32 Å². The molecule has 0 aliphatic rings. The molecule has 4 heteroatoms. The zero-order valence-electron chi connectivity index (χ0n) is 10.1. The van der Waals surface area contributed by atoms with Gasteiger partial charge in [-0.3, -0.25) is 0 Å². The Kier molecular flexibility index (Phi) is 4.59. The van der Waals surface area contributed by atoms with E-state index >= 15 is 0 Å². The van der Waals surface area contributed by atoms with Gasteiger partial charge in [0.1, 0.15) is 0 Å². The van der Waals surface area contributed by atoms with Gasteiger partial charge >= 0.3 is 0 Å². The quantitative estimate of drug-likeness (QED) is 0.764. The van der Waals surface area contributed by atoms with Crippen LogP contribution >= 0.6 is 0 Å². The Hall–Kier alpha value is -0.0900. The molecular formula is C10H23NO2S. The molecule has 0 saturated carbocycles. The van der Waals surface area contributed by atoms with Crippen LogP contribution in [0.25, 0.3) is 0 Å². The van der Waals surface area contributed by atoms with Crippen molar-refractivity contribution in [3.63, 3.8) is 0 Å². The molecule has 0 heterocycles. The van der Waals surface area contributed by atoms with E-state index in [0.29, 0.717) is 18.5 Å². The number of sulfone groups is 1. The molecule has 0 aromatic rings. The van der Waals surface area contributed by atoms with Gasteiger partial charge in [0, 0.05) is 18.8 Å². The minimum Gasteiger partial charge on any atom is -0.312 e. The van der Waals surface area contributed by atoms with Crippen LogP contribution in [0, 0.1) is 5.92 Å². The highest BCUT2D eigenvalue weighted by atomic mass is 32.2. The minimum absolute atomic E-state index is 0.344. The summed E-state index contributed by atoms with van der Waals surface area (Å²) in [5.41, 5.74) is 0. The van der Waals surface area contributed by atoms with Crippen molar-refractivity contribution >= 4 is 9.84 Å². The summed E-state index contributed by atoms with van der Waals surface area (Å²) in [6.07, 6.45) is 1.29. The summed E-state index contributed by atoms with van der Waals surface area (Å²) in [6, 6.07) is 0.344. The topological polar surface area (TPSA) is 46.2 Å². The number of hydrogen-bond donors (Lipinski definition) is 1. The first-order chi connectivity index (χ1) is 6.08. The molecule has 1 N–H and O–H groups in total. The highest BCUT2D eigenvalue weighted by Crippen LogP contribution is 2.14. The number of nitrogens with one attached hydrogen (secondary N) is 1. The summed E-state index contributed by atoms with van der Waals surface area (Å²) in [5.74, 6) is 0.519. The Balaban J connectivity index is 4.27. The molecule has 0 bridgehead atoms. The van der Waals surface area contributed by atoms with Crippen molar-refractivity contribution in [2.24, 2.45) is 5.92 Å². The van der Waals surface area contributed by atoms with Gasteiger partial charge in [-0.05, 0) is 26.7 Å². The summed E-state index contributed by atoms with van der Waals surface area (Å²) >= 11 is 0. The second kappa shape index (κ2) is 4.62. The van der Waals surface area contributed by atoms with E-state index in [1.54, 1.807) is 13.8 Å². The maximum Gasteiger partial charge on any atom is 0.153 e. The first-order valence-corrected chi connectivity index (χ1v) is 6.90. The summed E-state index contributed by atoms with van der Waals surface area (Å²) in [4.78, 5) is 0. The normalized spacial score (nSPS) is 15.9. The van der Waals surface area contributed by atoms with Gasteiger partial charge < -0.3 is 5.32 Å². The Morgan fingerprint density at radius 1 is 1.21 bits per heavy atom. The molecule has 0 aromatic heterocycles. The van der Waals surface area contributed by atoms with Crippen LogP contribution in [0.15, 0.2) is 0 Å². The Bertz CT molecular complexity index is 268. The maximum absolute atomic E-state index is 11.4. The molecule has 0 saturated heterocycles. The summed E-state index contributed by atoms with van der Waals surface area (Å²) in [6.45, 7) is 10.3. The average molecular weight is 221 g/mol. The first kappa shape index (κ1) is 13.9. The number of rotatable bonds is 5. The fourth-order valence-electron chi connectivity index (χ4n) is 0.774. The Labute approximate surface area is 88.2 Å². The second-order valence-electron chi connectivity index (χ2n) is 4.95. The third-order valence-electron chi connectivity index (χ3n) is 2.85. The van der Waals surface area contributed by atoms with Gasteiger partial charge in [0.05, 0.1) is 4.75 Å². The van der Waals surface area contributed by atoms with Gasteiger partial charge in [0.25, 0.3) is 0 Å². The molecule has 0 aliphatic heterocycles. The Morgan fingerprint density at radius 3 is 1.93 bits per heavy atom. The van der Waals surface area contributed by atoms with Crippen molar-refractivity contribution in [1.29, 1.82) is 0 Å². The molecule has 0 spiro atoms. The third-order valence-corrected chi connectivity index (χ3v) is 5.01. The molecular weight excluding hydrogens is 198 g/mol. The lowest BCUT2D eigenvalue weighted by atomic mass is 10.1. The molecule has 86 valence electrons. The van der Waals surface area contributed by atoms with Gasteiger partial charge in [-0.25, -0.2) is 8.42 Å². The molecule has 0 aliphatic carbocycles. The van der Waals surface area contributed by atoms with Crippen molar-refractivity contribution < 1.29 is 8.42 Å². The van der Waals surface area contributed by atoms with Gasteiger partial charge in [-0.2, -0.15) is 0 Å². The predicted molar refractivity (Wildman–Crippen MR) is 61.2 cm³/mol. The van der Waals surface area contributed by atoms with E-state index < -0.39 is 14.6 Å². The second-order valence-corrected chi connectivity index (χ2v) is 7.59. The van der Waals surface area contributed by atoms with Crippen LogP contribution in [0.4, 0.5) is 0 Å².